The number of hydrogen-bond donors (Lipinski definition) is 2. The summed E-state index contributed by atoms with van der Waals surface area (Å²) < 4.78 is 70.4. The first-order valence-corrected chi connectivity index (χ1v) is 2.93. The number of alkyl halides is 6. The van der Waals surface area contributed by atoms with Crippen molar-refractivity contribution in [3.63, 3.8) is 0 Å². The Morgan fingerprint density at radius 2 is 1.31 bits per heavy atom. The first kappa shape index (κ1) is 12.5. The second-order valence-electron chi connectivity index (χ2n) is 2.57. The van der Waals surface area contributed by atoms with E-state index in [1.807, 2.05) is 0 Å². The van der Waals surface area contributed by atoms with Gasteiger partial charge in [0.1, 0.15) is 0 Å². The van der Waals surface area contributed by atoms with Crippen molar-refractivity contribution in [1.82, 2.24) is 0 Å². The van der Waals surface area contributed by atoms with Crippen LogP contribution in [0.5, 0.6) is 0 Å². The third kappa shape index (κ3) is 1.88. The molecule has 0 aliphatic rings. The summed E-state index contributed by atoms with van der Waals surface area (Å²) in [5.41, 5.74) is -4.19. The van der Waals surface area contributed by atoms with E-state index >= 15 is 0 Å². The summed E-state index contributed by atoms with van der Waals surface area (Å²) >= 11 is 0. The van der Waals surface area contributed by atoms with Crippen LogP contribution < -0.4 is 0 Å². The molecule has 2 atom stereocenters. The van der Waals surface area contributed by atoms with Gasteiger partial charge in [0.25, 0.3) is 6.43 Å². The van der Waals surface area contributed by atoms with E-state index < -0.39 is 24.1 Å². The van der Waals surface area contributed by atoms with Gasteiger partial charge in [-0.3, -0.25) is 0 Å². The molecule has 0 aliphatic carbocycles. The zero-order chi connectivity index (χ0) is 11.1. The lowest BCUT2D eigenvalue weighted by atomic mass is 9.97. The van der Waals surface area contributed by atoms with E-state index in [-0.39, 0.29) is 6.92 Å². The first-order chi connectivity index (χ1) is 5.44. The Morgan fingerprint density at radius 1 is 1.00 bits per heavy atom. The van der Waals surface area contributed by atoms with E-state index in [0.717, 1.165) is 0 Å². The van der Waals surface area contributed by atoms with Gasteiger partial charge in [0.2, 0.25) is 0 Å². The van der Waals surface area contributed by atoms with Crippen LogP contribution in [0.3, 0.4) is 0 Å². The van der Waals surface area contributed by atoms with Gasteiger partial charge in [-0.05, 0) is 6.92 Å². The van der Waals surface area contributed by atoms with Crippen LogP contribution in [-0.2, 0) is 0 Å². The Hall–Kier alpha value is -0.500. The molecule has 0 spiro atoms. The average molecular weight is 212 g/mol. The topological polar surface area (TPSA) is 40.5 Å². The van der Waals surface area contributed by atoms with Crippen molar-refractivity contribution in [3.8, 4) is 0 Å². The Labute approximate surface area is 68.8 Å². The zero-order valence-electron chi connectivity index (χ0n) is 6.24. The number of hydrogen-bond acceptors (Lipinski definition) is 2. The smallest absolute Gasteiger partial charge is 0.378 e. The fourth-order valence-electron chi connectivity index (χ4n) is 0.432. The van der Waals surface area contributed by atoms with Gasteiger partial charge in [-0.15, -0.1) is 0 Å². The summed E-state index contributed by atoms with van der Waals surface area (Å²) in [6.07, 6.45) is -10.0. The maximum Gasteiger partial charge on any atom is 0.451 e. The lowest BCUT2D eigenvalue weighted by Gasteiger charge is -2.34. The van der Waals surface area contributed by atoms with Gasteiger partial charge in [-0.25, -0.2) is 8.78 Å². The van der Waals surface area contributed by atoms with E-state index in [0.29, 0.717) is 0 Å². The summed E-state index contributed by atoms with van der Waals surface area (Å²) in [5, 5.41) is 16.4. The summed E-state index contributed by atoms with van der Waals surface area (Å²) in [6, 6.07) is 0. The molecular formula is C5H6F6O2. The van der Waals surface area contributed by atoms with Crippen LogP contribution in [0.1, 0.15) is 6.92 Å². The van der Waals surface area contributed by atoms with Crippen molar-refractivity contribution in [2.75, 3.05) is 0 Å². The third-order valence-electron chi connectivity index (χ3n) is 1.47. The Balaban J connectivity index is 5.04. The van der Waals surface area contributed by atoms with Crippen molar-refractivity contribution in [2.45, 2.75) is 31.0 Å². The summed E-state index contributed by atoms with van der Waals surface area (Å²) in [5.74, 6) is -5.34. The van der Waals surface area contributed by atoms with Gasteiger partial charge >= 0.3 is 12.0 Å². The fraction of sp³-hybridized carbons (Fsp3) is 1.00. The maximum absolute atomic E-state index is 12.3. The highest BCUT2D eigenvalue weighted by Gasteiger charge is 2.69. The molecule has 8 heteroatoms. The van der Waals surface area contributed by atoms with Gasteiger partial charge in [0.15, 0.2) is 5.60 Å². The molecule has 80 valence electrons. The predicted molar refractivity (Wildman–Crippen MR) is 28.7 cm³/mol. The summed E-state index contributed by atoms with van der Waals surface area (Å²) in [7, 11) is 0. The highest BCUT2D eigenvalue weighted by Crippen LogP contribution is 2.42. The lowest BCUT2D eigenvalue weighted by molar-refractivity contribution is -0.386. The highest BCUT2D eigenvalue weighted by molar-refractivity contribution is 4.96. The van der Waals surface area contributed by atoms with Crippen LogP contribution in [0.4, 0.5) is 26.3 Å². The van der Waals surface area contributed by atoms with Gasteiger partial charge in [-0.2, -0.15) is 17.6 Å². The lowest BCUT2D eigenvalue weighted by Crippen LogP contribution is -2.62. The minimum absolute atomic E-state index is 0.148. The molecule has 0 aromatic carbocycles. The minimum Gasteiger partial charge on any atom is -0.378 e. The molecule has 0 fully saturated rings. The van der Waals surface area contributed by atoms with Crippen molar-refractivity contribution in [2.24, 2.45) is 0 Å². The van der Waals surface area contributed by atoms with Crippen molar-refractivity contribution in [3.05, 3.63) is 0 Å². The number of halogens is 6. The number of rotatable bonds is 2. The molecule has 0 bridgehead atoms. The molecule has 0 amide bonds. The van der Waals surface area contributed by atoms with Crippen LogP contribution in [0.15, 0.2) is 0 Å². The second kappa shape index (κ2) is 3.02. The highest BCUT2D eigenvalue weighted by atomic mass is 19.4. The molecule has 2 N–H and O–H groups in total. The molecule has 0 aromatic rings. The molecule has 0 radical (unpaired) electrons. The molecule has 0 saturated carbocycles. The minimum atomic E-state index is -5.98. The van der Waals surface area contributed by atoms with Gasteiger partial charge < -0.3 is 10.2 Å². The third-order valence-corrected chi connectivity index (χ3v) is 1.47. The normalized spacial score (nSPS) is 22.6. The molecule has 0 heterocycles. The summed E-state index contributed by atoms with van der Waals surface area (Å²) in [6.45, 7) is -0.148. The van der Waals surface area contributed by atoms with Crippen LogP contribution in [0.2, 0.25) is 0 Å². The maximum atomic E-state index is 12.3. The van der Waals surface area contributed by atoms with Crippen LogP contribution in [0, 0.1) is 0 Å². The Bertz CT molecular complexity index is 184. The van der Waals surface area contributed by atoms with Gasteiger partial charge in [0.05, 0.1) is 0 Å². The monoisotopic (exact) mass is 212 g/mol. The Kier molecular flexibility index (Phi) is 2.90. The number of aliphatic hydroxyl groups is 2. The van der Waals surface area contributed by atoms with E-state index in [2.05, 4.69) is 0 Å². The van der Waals surface area contributed by atoms with Crippen LogP contribution in [0.25, 0.3) is 0 Å². The average Bonchev–Trinajstić information content (AvgIpc) is 1.84. The van der Waals surface area contributed by atoms with E-state index in [1.54, 1.807) is 0 Å². The van der Waals surface area contributed by atoms with Crippen molar-refractivity contribution in [1.29, 1.82) is 0 Å². The quantitative estimate of drug-likeness (QED) is 0.675. The summed E-state index contributed by atoms with van der Waals surface area (Å²) in [4.78, 5) is 0. The Morgan fingerprint density at radius 3 is 1.38 bits per heavy atom. The molecular weight excluding hydrogens is 206 g/mol. The SMILES string of the molecule is CC(O)(C(F)F)C(O)(F)C(F)(F)F. The van der Waals surface area contributed by atoms with Crippen LogP contribution in [-0.4, -0.2) is 34.3 Å². The molecule has 0 aliphatic heterocycles. The van der Waals surface area contributed by atoms with Crippen molar-refractivity contribution < 1.29 is 36.6 Å². The fourth-order valence-corrected chi connectivity index (χ4v) is 0.432. The van der Waals surface area contributed by atoms with Crippen molar-refractivity contribution >= 4 is 0 Å². The molecule has 13 heavy (non-hydrogen) atoms. The molecule has 2 nitrogen and oxygen atoms in total. The zero-order valence-corrected chi connectivity index (χ0v) is 6.24. The van der Waals surface area contributed by atoms with E-state index in [9.17, 15) is 26.3 Å². The standard InChI is InChI=1S/C5H6F6O2/c1-3(12,2(6)7)4(8,13)5(9,10)11/h2,12-13H,1H3. The van der Waals surface area contributed by atoms with E-state index in [1.165, 1.54) is 0 Å². The largest absolute Gasteiger partial charge is 0.451 e. The van der Waals surface area contributed by atoms with Crippen LogP contribution >= 0.6 is 0 Å². The van der Waals surface area contributed by atoms with Gasteiger partial charge in [0, 0.05) is 0 Å². The molecule has 0 aromatic heterocycles. The van der Waals surface area contributed by atoms with E-state index in [4.69, 9.17) is 10.2 Å². The van der Waals surface area contributed by atoms with Gasteiger partial charge in [-0.1, -0.05) is 0 Å². The molecule has 0 saturated heterocycles. The first-order valence-electron chi connectivity index (χ1n) is 2.93. The molecule has 2 unspecified atom stereocenters. The second-order valence-corrected chi connectivity index (χ2v) is 2.57. The predicted octanol–water partition coefficient (Wildman–Crippen LogP) is 1.22. The molecule has 0 rings (SSSR count).